The molecule has 4 rings (SSSR count). The minimum Gasteiger partial charge on any atom is -0.507 e. The van der Waals surface area contributed by atoms with Crippen molar-refractivity contribution in [1.82, 2.24) is 19.7 Å². The summed E-state index contributed by atoms with van der Waals surface area (Å²) < 4.78 is 15.2. The number of imidazole rings is 1. The SMILES string of the molecule is CN(c1ccc(-c2ccc(-n3ccnc3)cc2O)nn1)[C@H]1CC[C@H](F)C1. The minimum absolute atomic E-state index is 0.127. The maximum absolute atomic E-state index is 13.4. The van der Waals surface area contributed by atoms with E-state index in [9.17, 15) is 9.50 Å². The largest absolute Gasteiger partial charge is 0.507 e. The summed E-state index contributed by atoms with van der Waals surface area (Å²) in [5, 5.41) is 18.9. The third kappa shape index (κ3) is 3.12. The Morgan fingerprint density at radius 2 is 2.08 bits per heavy atom. The number of halogens is 1. The molecule has 1 fully saturated rings. The Hall–Kier alpha value is -2.96. The summed E-state index contributed by atoms with van der Waals surface area (Å²) in [5.74, 6) is 0.838. The summed E-state index contributed by atoms with van der Waals surface area (Å²) in [6, 6.07) is 9.21. The molecule has 7 heteroatoms. The molecule has 1 saturated carbocycles. The molecule has 1 N–H and O–H groups in total. The van der Waals surface area contributed by atoms with Gasteiger partial charge in [-0.05, 0) is 43.5 Å². The van der Waals surface area contributed by atoms with Gasteiger partial charge in [-0.3, -0.25) is 0 Å². The van der Waals surface area contributed by atoms with Crippen molar-refractivity contribution in [3.63, 3.8) is 0 Å². The van der Waals surface area contributed by atoms with Gasteiger partial charge >= 0.3 is 0 Å². The fraction of sp³-hybridized carbons (Fsp3) is 0.316. The van der Waals surface area contributed by atoms with Crippen molar-refractivity contribution in [3.8, 4) is 22.7 Å². The van der Waals surface area contributed by atoms with Crippen LogP contribution in [0.5, 0.6) is 5.75 Å². The quantitative estimate of drug-likeness (QED) is 0.779. The second-order valence-corrected chi connectivity index (χ2v) is 6.62. The molecular weight excluding hydrogens is 333 g/mol. The number of benzene rings is 1. The Morgan fingerprint density at radius 1 is 1.19 bits per heavy atom. The van der Waals surface area contributed by atoms with E-state index in [1.807, 2.05) is 47.0 Å². The zero-order valence-corrected chi connectivity index (χ0v) is 14.5. The zero-order chi connectivity index (χ0) is 18.1. The highest BCUT2D eigenvalue weighted by atomic mass is 19.1. The van der Waals surface area contributed by atoms with E-state index in [-0.39, 0.29) is 11.8 Å². The standard InChI is InChI=1S/C19H20FN5O/c1-24(14-3-2-13(20)10-14)19-7-6-17(22-23-19)16-5-4-15(11-18(16)26)25-9-8-21-12-25/h4-9,11-14,26H,2-3,10H2,1H3/t13-,14-/m0/s1. The summed E-state index contributed by atoms with van der Waals surface area (Å²) in [7, 11) is 1.92. The first kappa shape index (κ1) is 16.5. The average Bonchev–Trinajstić information content (AvgIpc) is 3.33. The minimum atomic E-state index is -0.722. The lowest BCUT2D eigenvalue weighted by Crippen LogP contribution is -2.30. The van der Waals surface area contributed by atoms with Crippen molar-refractivity contribution in [2.45, 2.75) is 31.5 Å². The first-order valence-electron chi connectivity index (χ1n) is 8.64. The topological polar surface area (TPSA) is 67.1 Å². The average molecular weight is 353 g/mol. The molecule has 0 unspecified atom stereocenters. The highest BCUT2D eigenvalue weighted by Crippen LogP contribution is 2.31. The van der Waals surface area contributed by atoms with E-state index in [4.69, 9.17) is 0 Å². The van der Waals surface area contributed by atoms with Crippen molar-refractivity contribution in [3.05, 3.63) is 49.1 Å². The summed E-state index contributed by atoms with van der Waals surface area (Å²) >= 11 is 0. The molecule has 134 valence electrons. The van der Waals surface area contributed by atoms with Crippen LogP contribution in [0.25, 0.3) is 16.9 Å². The van der Waals surface area contributed by atoms with Crippen molar-refractivity contribution in [2.24, 2.45) is 0 Å². The third-order valence-electron chi connectivity index (χ3n) is 4.96. The Bertz CT molecular complexity index is 881. The molecule has 1 aliphatic rings. The molecular formula is C19H20FN5O. The van der Waals surface area contributed by atoms with Gasteiger partial charge in [-0.15, -0.1) is 10.2 Å². The first-order chi connectivity index (χ1) is 12.6. The lowest BCUT2D eigenvalue weighted by molar-refractivity contribution is 0.338. The van der Waals surface area contributed by atoms with E-state index < -0.39 is 6.17 Å². The smallest absolute Gasteiger partial charge is 0.151 e. The van der Waals surface area contributed by atoms with Gasteiger partial charge < -0.3 is 14.6 Å². The molecule has 0 aliphatic heterocycles. The van der Waals surface area contributed by atoms with Gasteiger partial charge in [0.1, 0.15) is 11.9 Å². The van der Waals surface area contributed by atoms with Gasteiger partial charge in [-0.25, -0.2) is 9.37 Å². The van der Waals surface area contributed by atoms with E-state index in [0.29, 0.717) is 29.9 Å². The van der Waals surface area contributed by atoms with Crippen molar-refractivity contribution in [2.75, 3.05) is 11.9 Å². The first-order valence-corrected chi connectivity index (χ1v) is 8.64. The van der Waals surface area contributed by atoms with Crippen LogP contribution in [0, 0.1) is 0 Å². The van der Waals surface area contributed by atoms with E-state index >= 15 is 0 Å². The third-order valence-corrected chi connectivity index (χ3v) is 4.96. The van der Waals surface area contributed by atoms with Gasteiger partial charge in [0.25, 0.3) is 0 Å². The van der Waals surface area contributed by atoms with Gasteiger partial charge in [0, 0.05) is 37.1 Å². The predicted octanol–water partition coefficient (Wildman–Crippen LogP) is 3.36. The number of nitrogens with zero attached hydrogens (tertiary/aromatic N) is 5. The van der Waals surface area contributed by atoms with Gasteiger partial charge in [0.2, 0.25) is 0 Å². The monoisotopic (exact) mass is 353 g/mol. The van der Waals surface area contributed by atoms with Crippen LogP contribution in [-0.2, 0) is 0 Å². The number of anilines is 1. The number of phenols is 1. The molecule has 0 spiro atoms. The molecule has 6 nitrogen and oxygen atoms in total. The lowest BCUT2D eigenvalue weighted by atomic mass is 10.1. The van der Waals surface area contributed by atoms with E-state index in [1.165, 1.54) is 0 Å². The molecule has 0 radical (unpaired) electrons. The number of alkyl halides is 1. The number of aromatic nitrogens is 4. The van der Waals surface area contributed by atoms with Gasteiger partial charge in [0.05, 0.1) is 17.7 Å². The molecule has 26 heavy (non-hydrogen) atoms. The van der Waals surface area contributed by atoms with Gasteiger partial charge in [0.15, 0.2) is 5.82 Å². The normalized spacial score (nSPS) is 19.6. The molecule has 2 aromatic heterocycles. The van der Waals surface area contributed by atoms with E-state index in [0.717, 1.165) is 12.1 Å². The predicted molar refractivity (Wildman–Crippen MR) is 97.2 cm³/mol. The second-order valence-electron chi connectivity index (χ2n) is 6.62. The van der Waals surface area contributed by atoms with Gasteiger partial charge in [-0.2, -0.15) is 0 Å². The fourth-order valence-electron chi connectivity index (χ4n) is 3.41. The summed E-state index contributed by atoms with van der Waals surface area (Å²) in [6.07, 6.45) is 6.42. The molecule has 2 heterocycles. The Balaban J connectivity index is 1.55. The number of hydrogen-bond donors (Lipinski definition) is 1. The molecule has 0 amide bonds. The number of hydrogen-bond acceptors (Lipinski definition) is 5. The van der Waals surface area contributed by atoms with Crippen LogP contribution in [0.4, 0.5) is 10.2 Å². The fourth-order valence-corrected chi connectivity index (χ4v) is 3.41. The van der Waals surface area contributed by atoms with Crippen LogP contribution in [-0.4, -0.2) is 44.1 Å². The maximum Gasteiger partial charge on any atom is 0.151 e. The Kier molecular flexibility index (Phi) is 4.28. The van der Waals surface area contributed by atoms with Crippen LogP contribution >= 0.6 is 0 Å². The number of rotatable bonds is 4. The van der Waals surface area contributed by atoms with E-state index in [2.05, 4.69) is 15.2 Å². The maximum atomic E-state index is 13.4. The van der Waals surface area contributed by atoms with Crippen molar-refractivity contribution in [1.29, 1.82) is 0 Å². The summed E-state index contributed by atoms with van der Waals surface area (Å²) in [5.41, 5.74) is 2.02. The summed E-state index contributed by atoms with van der Waals surface area (Å²) in [6.45, 7) is 0. The van der Waals surface area contributed by atoms with Crippen LogP contribution < -0.4 is 4.90 Å². The lowest BCUT2D eigenvalue weighted by Gasteiger charge is -2.24. The molecule has 1 aliphatic carbocycles. The number of aromatic hydroxyl groups is 1. The van der Waals surface area contributed by atoms with Crippen molar-refractivity contribution < 1.29 is 9.50 Å². The van der Waals surface area contributed by atoms with Crippen LogP contribution in [0.2, 0.25) is 0 Å². The van der Waals surface area contributed by atoms with Gasteiger partial charge in [-0.1, -0.05) is 0 Å². The molecule has 0 bridgehead atoms. The highest BCUT2D eigenvalue weighted by Gasteiger charge is 2.28. The molecule has 0 saturated heterocycles. The zero-order valence-electron chi connectivity index (χ0n) is 14.5. The Labute approximate surface area is 150 Å². The van der Waals surface area contributed by atoms with Crippen molar-refractivity contribution >= 4 is 5.82 Å². The second kappa shape index (κ2) is 6.74. The van der Waals surface area contributed by atoms with E-state index in [1.54, 1.807) is 18.6 Å². The molecule has 2 atom stereocenters. The highest BCUT2D eigenvalue weighted by molar-refractivity contribution is 5.69. The van der Waals surface area contributed by atoms with Crippen LogP contribution in [0.15, 0.2) is 49.1 Å². The van der Waals surface area contributed by atoms with Crippen LogP contribution in [0.1, 0.15) is 19.3 Å². The number of phenolic OH excluding ortho intramolecular Hbond substituents is 1. The Morgan fingerprint density at radius 3 is 2.69 bits per heavy atom. The van der Waals surface area contributed by atoms with Crippen LogP contribution in [0.3, 0.4) is 0 Å². The molecule has 1 aromatic carbocycles. The molecule has 3 aromatic rings. The summed E-state index contributed by atoms with van der Waals surface area (Å²) in [4.78, 5) is 5.99.